The molecule has 1 saturated heterocycles. The average Bonchev–Trinajstić information content (AvgIpc) is 2.63. The van der Waals surface area contributed by atoms with Crippen LogP contribution in [-0.2, 0) is 11.3 Å². The highest BCUT2D eigenvalue weighted by Gasteiger charge is 2.09. The summed E-state index contributed by atoms with van der Waals surface area (Å²) in [5.41, 5.74) is 8.24. The summed E-state index contributed by atoms with van der Waals surface area (Å²) < 4.78 is 11.2. The third kappa shape index (κ3) is 7.32. The first-order valence-electron chi connectivity index (χ1n) is 9.25. The molecular formula is C19H32N4O2. The van der Waals surface area contributed by atoms with E-state index in [1.165, 1.54) is 5.56 Å². The normalized spacial score (nSPS) is 16.0. The minimum absolute atomic E-state index is 0.490. The fourth-order valence-electron chi connectivity index (χ4n) is 2.71. The standard InChI is InChI=1S/C19H32N4O2/c1-3-11-25-18-14-16(2)5-6-17(18)15-22-19(20)21-7-4-8-23-9-12-24-13-10-23/h5-6,14H,3-4,7-13,15H2,1-2H3,(H3,20,21,22). The number of ether oxygens (including phenoxy) is 2. The van der Waals surface area contributed by atoms with Gasteiger partial charge in [0.2, 0.25) is 0 Å². The molecule has 0 spiro atoms. The van der Waals surface area contributed by atoms with Gasteiger partial charge in [0.25, 0.3) is 0 Å². The van der Waals surface area contributed by atoms with Crippen molar-refractivity contribution in [3.8, 4) is 5.75 Å². The lowest BCUT2D eigenvalue weighted by Crippen LogP contribution is -2.39. The first-order valence-corrected chi connectivity index (χ1v) is 9.25. The van der Waals surface area contributed by atoms with E-state index in [9.17, 15) is 0 Å². The maximum Gasteiger partial charge on any atom is 0.188 e. The van der Waals surface area contributed by atoms with Crippen molar-refractivity contribution in [2.75, 3.05) is 46.0 Å². The van der Waals surface area contributed by atoms with E-state index in [2.05, 4.69) is 47.3 Å². The van der Waals surface area contributed by atoms with E-state index in [0.717, 1.165) is 70.2 Å². The van der Waals surface area contributed by atoms with Crippen molar-refractivity contribution in [1.29, 1.82) is 0 Å². The summed E-state index contributed by atoms with van der Waals surface area (Å²) in [5.74, 6) is 1.40. The van der Waals surface area contributed by atoms with Crippen LogP contribution >= 0.6 is 0 Å². The number of nitrogens with two attached hydrogens (primary N) is 1. The number of morpholine rings is 1. The van der Waals surface area contributed by atoms with Crippen molar-refractivity contribution in [2.24, 2.45) is 10.7 Å². The van der Waals surface area contributed by atoms with Gasteiger partial charge in [-0.25, -0.2) is 4.99 Å². The van der Waals surface area contributed by atoms with Crippen molar-refractivity contribution in [3.05, 3.63) is 29.3 Å². The highest BCUT2D eigenvalue weighted by Crippen LogP contribution is 2.21. The lowest BCUT2D eigenvalue weighted by molar-refractivity contribution is 0.0376. The van der Waals surface area contributed by atoms with Crippen LogP contribution in [0, 0.1) is 6.92 Å². The molecule has 1 aliphatic rings. The zero-order valence-corrected chi connectivity index (χ0v) is 15.6. The molecule has 0 unspecified atom stereocenters. The Morgan fingerprint density at radius 3 is 2.92 bits per heavy atom. The van der Waals surface area contributed by atoms with E-state index < -0.39 is 0 Å². The number of rotatable bonds is 9. The molecule has 6 heteroatoms. The molecule has 1 fully saturated rings. The van der Waals surface area contributed by atoms with Gasteiger partial charge >= 0.3 is 0 Å². The van der Waals surface area contributed by atoms with Crippen molar-refractivity contribution >= 4 is 5.96 Å². The third-order valence-electron chi connectivity index (χ3n) is 4.17. The maximum atomic E-state index is 5.99. The second-order valence-corrected chi connectivity index (χ2v) is 6.40. The van der Waals surface area contributed by atoms with Crippen LogP contribution in [0.4, 0.5) is 0 Å². The maximum absolute atomic E-state index is 5.99. The van der Waals surface area contributed by atoms with Crippen molar-refractivity contribution in [1.82, 2.24) is 10.2 Å². The molecule has 2 rings (SSSR count). The van der Waals surface area contributed by atoms with Gasteiger partial charge in [-0.3, -0.25) is 4.90 Å². The Kier molecular flexibility index (Phi) is 8.55. The van der Waals surface area contributed by atoms with Gasteiger partial charge in [-0.05, 0) is 37.9 Å². The number of aryl methyl sites for hydroxylation is 1. The summed E-state index contributed by atoms with van der Waals surface area (Å²) in [4.78, 5) is 6.87. The van der Waals surface area contributed by atoms with Gasteiger partial charge in [-0.1, -0.05) is 19.1 Å². The first kappa shape index (κ1) is 19.5. The van der Waals surface area contributed by atoms with Crippen LogP contribution in [0.15, 0.2) is 23.2 Å². The van der Waals surface area contributed by atoms with Gasteiger partial charge in [-0.15, -0.1) is 0 Å². The zero-order chi connectivity index (χ0) is 17.9. The fourth-order valence-corrected chi connectivity index (χ4v) is 2.71. The molecular weight excluding hydrogens is 316 g/mol. The molecule has 0 aliphatic carbocycles. The summed E-state index contributed by atoms with van der Waals surface area (Å²) in [6.45, 7) is 11.1. The van der Waals surface area contributed by atoms with E-state index in [1.807, 2.05) is 0 Å². The Hall–Kier alpha value is -1.79. The van der Waals surface area contributed by atoms with E-state index in [0.29, 0.717) is 12.5 Å². The monoisotopic (exact) mass is 348 g/mol. The SMILES string of the molecule is CCCOc1cc(C)ccc1CN=C(N)NCCCN1CCOCC1. The number of hydrogen-bond acceptors (Lipinski definition) is 4. The van der Waals surface area contributed by atoms with Gasteiger partial charge in [0.05, 0.1) is 26.4 Å². The van der Waals surface area contributed by atoms with E-state index >= 15 is 0 Å². The third-order valence-corrected chi connectivity index (χ3v) is 4.17. The van der Waals surface area contributed by atoms with Crippen LogP contribution in [0.5, 0.6) is 5.75 Å². The molecule has 0 saturated carbocycles. The summed E-state index contributed by atoms with van der Waals surface area (Å²) in [5, 5.41) is 3.20. The molecule has 0 radical (unpaired) electrons. The fraction of sp³-hybridized carbons (Fsp3) is 0.632. The second kappa shape index (κ2) is 10.9. The molecule has 1 aliphatic heterocycles. The van der Waals surface area contributed by atoms with Crippen LogP contribution in [0.1, 0.15) is 30.9 Å². The van der Waals surface area contributed by atoms with Crippen LogP contribution in [-0.4, -0.2) is 56.9 Å². The Bertz CT molecular complexity index is 542. The zero-order valence-electron chi connectivity index (χ0n) is 15.6. The van der Waals surface area contributed by atoms with Gasteiger partial charge in [0.1, 0.15) is 5.75 Å². The Balaban J connectivity index is 1.74. The van der Waals surface area contributed by atoms with Gasteiger partial charge < -0.3 is 20.5 Å². The summed E-state index contributed by atoms with van der Waals surface area (Å²) in [6, 6.07) is 6.21. The molecule has 1 aromatic carbocycles. The van der Waals surface area contributed by atoms with Gasteiger partial charge in [0.15, 0.2) is 5.96 Å². The number of nitrogens with zero attached hydrogens (tertiary/aromatic N) is 2. The van der Waals surface area contributed by atoms with Crippen molar-refractivity contribution < 1.29 is 9.47 Å². The topological polar surface area (TPSA) is 72.1 Å². The number of nitrogens with one attached hydrogen (secondary N) is 1. The number of hydrogen-bond donors (Lipinski definition) is 2. The summed E-state index contributed by atoms with van der Waals surface area (Å²) in [6.07, 6.45) is 2.04. The lowest BCUT2D eigenvalue weighted by atomic mass is 10.1. The molecule has 1 aromatic rings. The second-order valence-electron chi connectivity index (χ2n) is 6.40. The molecule has 0 aromatic heterocycles. The summed E-state index contributed by atoms with van der Waals surface area (Å²) >= 11 is 0. The molecule has 1 heterocycles. The van der Waals surface area contributed by atoms with Crippen LogP contribution < -0.4 is 15.8 Å². The quantitative estimate of drug-likeness (QED) is 0.405. The lowest BCUT2D eigenvalue weighted by Gasteiger charge is -2.26. The molecule has 3 N–H and O–H groups in total. The number of aliphatic imine (C=N–C) groups is 1. The van der Waals surface area contributed by atoms with E-state index in [4.69, 9.17) is 15.2 Å². The Morgan fingerprint density at radius 2 is 2.16 bits per heavy atom. The van der Waals surface area contributed by atoms with E-state index in [1.54, 1.807) is 0 Å². The smallest absolute Gasteiger partial charge is 0.188 e. The Labute approximate surface area is 151 Å². The van der Waals surface area contributed by atoms with Crippen molar-refractivity contribution in [3.63, 3.8) is 0 Å². The largest absolute Gasteiger partial charge is 0.493 e. The molecule has 6 nitrogen and oxygen atoms in total. The van der Waals surface area contributed by atoms with Gasteiger partial charge in [0, 0.05) is 25.2 Å². The molecule has 0 atom stereocenters. The molecule has 140 valence electrons. The highest BCUT2D eigenvalue weighted by molar-refractivity contribution is 5.77. The molecule has 0 amide bonds. The minimum atomic E-state index is 0.490. The highest BCUT2D eigenvalue weighted by atomic mass is 16.5. The average molecular weight is 348 g/mol. The predicted molar refractivity (Wildman–Crippen MR) is 102 cm³/mol. The van der Waals surface area contributed by atoms with Crippen LogP contribution in [0.25, 0.3) is 0 Å². The van der Waals surface area contributed by atoms with Crippen LogP contribution in [0.2, 0.25) is 0 Å². The Morgan fingerprint density at radius 1 is 1.36 bits per heavy atom. The summed E-state index contributed by atoms with van der Waals surface area (Å²) in [7, 11) is 0. The minimum Gasteiger partial charge on any atom is -0.493 e. The van der Waals surface area contributed by atoms with Gasteiger partial charge in [-0.2, -0.15) is 0 Å². The van der Waals surface area contributed by atoms with Crippen molar-refractivity contribution in [2.45, 2.75) is 33.2 Å². The number of benzene rings is 1. The predicted octanol–water partition coefficient (Wildman–Crippen LogP) is 1.91. The molecule has 25 heavy (non-hydrogen) atoms. The molecule has 0 bridgehead atoms. The van der Waals surface area contributed by atoms with Crippen LogP contribution in [0.3, 0.4) is 0 Å². The van der Waals surface area contributed by atoms with E-state index in [-0.39, 0.29) is 0 Å². The first-order chi connectivity index (χ1) is 12.2. The number of guanidine groups is 1.